The van der Waals surface area contributed by atoms with Crippen LogP contribution < -0.4 is 17.7 Å². The topological polar surface area (TPSA) is 37.8 Å². The average molecular weight is 331 g/mol. The van der Waals surface area contributed by atoms with E-state index in [1.807, 2.05) is 24.3 Å². The number of aryl methyl sites for hydroxylation is 1. The molecule has 1 aromatic carbocycles. The molecule has 0 saturated heterocycles. The maximum atomic E-state index is 5.88. The highest BCUT2D eigenvalue weighted by Crippen LogP contribution is 2.23. The molecule has 0 fully saturated rings. The molecule has 2 aromatic rings. The van der Waals surface area contributed by atoms with Crippen molar-refractivity contribution < 1.29 is 12.4 Å². The number of halogens is 2. The van der Waals surface area contributed by atoms with Gasteiger partial charge in [0, 0.05) is 17.0 Å². The lowest BCUT2D eigenvalue weighted by atomic mass is 10.2. The van der Waals surface area contributed by atoms with Crippen LogP contribution >= 0.6 is 23.1 Å². The van der Waals surface area contributed by atoms with Crippen molar-refractivity contribution in [2.75, 3.05) is 13.1 Å². The minimum absolute atomic E-state index is 0. The molecule has 3 nitrogen and oxygen atoms in total. The van der Waals surface area contributed by atoms with E-state index in [0.717, 1.165) is 47.3 Å². The van der Waals surface area contributed by atoms with Crippen LogP contribution in [0.15, 0.2) is 24.3 Å². The second kappa shape index (κ2) is 9.29. The van der Waals surface area contributed by atoms with Crippen molar-refractivity contribution >= 4 is 23.1 Å². The summed E-state index contributed by atoms with van der Waals surface area (Å²) in [5, 5.41) is 5.04. The first-order valence-electron chi connectivity index (χ1n) is 6.59. The molecular weight excluding hydrogens is 313 g/mol. The zero-order chi connectivity index (χ0) is 13.5. The highest BCUT2D eigenvalue weighted by molar-refractivity contribution is 7.09. The molecule has 1 heterocycles. The highest BCUT2D eigenvalue weighted by Gasteiger charge is 2.06. The smallest absolute Gasteiger partial charge is 0.144 e. The van der Waals surface area contributed by atoms with Gasteiger partial charge in [0.1, 0.15) is 10.8 Å². The van der Waals surface area contributed by atoms with E-state index in [-0.39, 0.29) is 12.4 Å². The molecule has 0 saturated carbocycles. The monoisotopic (exact) mass is 330 g/mol. The fraction of sp³-hybridized carbons (Fsp3) is 0.429. The van der Waals surface area contributed by atoms with E-state index in [9.17, 15) is 0 Å². The van der Waals surface area contributed by atoms with E-state index in [1.165, 1.54) is 18.0 Å². The van der Waals surface area contributed by atoms with Crippen LogP contribution in [-0.2, 0) is 6.42 Å². The Kier molecular flexibility index (Phi) is 8.07. The molecule has 2 rings (SSSR count). The second-order valence-corrected chi connectivity index (χ2v) is 5.52. The van der Waals surface area contributed by atoms with Crippen LogP contribution in [-0.4, -0.2) is 22.4 Å². The third kappa shape index (κ3) is 5.37. The molecule has 20 heavy (non-hydrogen) atoms. The van der Waals surface area contributed by atoms with E-state index in [1.54, 1.807) is 0 Å². The molecular formula is C14H18Cl2N3S-. The van der Waals surface area contributed by atoms with Gasteiger partial charge in [0.2, 0.25) is 0 Å². The predicted octanol–water partition coefficient (Wildman–Crippen LogP) is 0.795. The molecule has 1 N–H and O–H groups in total. The predicted molar refractivity (Wildman–Crippen MR) is 81.8 cm³/mol. The van der Waals surface area contributed by atoms with Crippen molar-refractivity contribution in [3.05, 3.63) is 35.1 Å². The number of hydrogen-bond acceptors (Lipinski definition) is 4. The van der Waals surface area contributed by atoms with Gasteiger partial charge in [0.05, 0.1) is 0 Å². The first kappa shape index (κ1) is 17.4. The summed E-state index contributed by atoms with van der Waals surface area (Å²) in [5.74, 6) is 0.950. The summed E-state index contributed by atoms with van der Waals surface area (Å²) in [5.41, 5.74) is 1.08. The Balaban J connectivity index is 0.00000200. The first-order valence-corrected chi connectivity index (χ1v) is 7.74. The van der Waals surface area contributed by atoms with Gasteiger partial charge in [-0.15, -0.1) is 0 Å². The summed E-state index contributed by atoms with van der Waals surface area (Å²) in [7, 11) is 0. The zero-order valence-corrected chi connectivity index (χ0v) is 13.7. The van der Waals surface area contributed by atoms with Crippen LogP contribution in [0.25, 0.3) is 10.6 Å². The van der Waals surface area contributed by atoms with Crippen molar-refractivity contribution in [2.24, 2.45) is 0 Å². The Bertz CT molecular complexity index is 499. The second-order valence-electron chi connectivity index (χ2n) is 4.33. The fourth-order valence-corrected chi connectivity index (χ4v) is 2.61. The van der Waals surface area contributed by atoms with Crippen LogP contribution in [0, 0.1) is 0 Å². The number of benzene rings is 1. The maximum absolute atomic E-state index is 5.88. The molecule has 0 spiro atoms. The summed E-state index contributed by atoms with van der Waals surface area (Å²) in [6.07, 6.45) is 3.25. The van der Waals surface area contributed by atoms with E-state index in [4.69, 9.17) is 11.6 Å². The number of aromatic nitrogens is 2. The molecule has 110 valence electrons. The van der Waals surface area contributed by atoms with Crippen molar-refractivity contribution in [1.29, 1.82) is 0 Å². The minimum atomic E-state index is 0. The quantitative estimate of drug-likeness (QED) is 0.763. The van der Waals surface area contributed by atoms with E-state index in [2.05, 4.69) is 21.6 Å². The molecule has 0 aliphatic rings. The maximum Gasteiger partial charge on any atom is 0.144 e. The van der Waals surface area contributed by atoms with Gasteiger partial charge in [-0.2, -0.15) is 4.37 Å². The van der Waals surface area contributed by atoms with Gasteiger partial charge in [-0.05, 0) is 49.6 Å². The average Bonchev–Trinajstić information content (AvgIpc) is 2.88. The van der Waals surface area contributed by atoms with Crippen molar-refractivity contribution in [2.45, 2.75) is 26.2 Å². The molecule has 0 atom stereocenters. The molecule has 0 amide bonds. The van der Waals surface area contributed by atoms with Gasteiger partial charge >= 0.3 is 0 Å². The van der Waals surface area contributed by atoms with Crippen LogP contribution in [0.5, 0.6) is 0 Å². The Hall–Kier alpha value is -0.680. The summed E-state index contributed by atoms with van der Waals surface area (Å²) >= 11 is 7.33. The molecule has 6 heteroatoms. The van der Waals surface area contributed by atoms with Gasteiger partial charge in [-0.1, -0.05) is 30.7 Å². The van der Waals surface area contributed by atoms with Crippen LogP contribution in [0.3, 0.4) is 0 Å². The number of hydrogen-bond donors (Lipinski definition) is 1. The molecule has 0 aliphatic heterocycles. The van der Waals surface area contributed by atoms with Crippen LogP contribution in [0.4, 0.5) is 0 Å². The Labute approximate surface area is 135 Å². The summed E-state index contributed by atoms with van der Waals surface area (Å²) in [4.78, 5) is 4.57. The first-order chi connectivity index (χ1) is 9.29. The fourth-order valence-electron chi connectivity index (χ4n) is 1.78. The van der Waals surface area contributed by atoms with Crippen molar-refractivity contribution in [3.63, 3.8) is 0 Å². The van der Waals surface area contributed by atoms with E-state index < -0.39 is 0 Å². The van der Waals surface area contributed by atoms with Gasteiger partial charge in [0.15, 0.2) is 0 Å². The Morgan fingerprint density at radius 1 is 1.20 bits per heavy atom. The standard InChI is InChI=1S/C14H18ClN3S.ClH/c1-2-16-10-4-3-5-13-17-14(19-18-13)11-6-8-12(15)9-7-11;/h6-9,16H,2-5,10H2,1H3;1H/p-1. The number of unbranched alkanes of at least 4 members (excludes halogenated alkanes) is 1. The van der Waals surface area contributed by atoms with Gasteiger partial charge in [-0.3, -0.25) is 0 Å². The number of rotatable bonds is 7. The van der Waals surface area contributed by atoms with Crippen LogP contribution in [0.1, 0.15) is 25.6 Å². The lowest BCUT2D eigenvalue weighted by molar-refractivity contribution is -0.00000402. The largest absolute Gasteiger partial charge is 1.00 e. The number of nitrogens with zero attached hydrogens (tertiary/aromatic N) is 2. The molecule has 0 aliphatic carbocycles. The summed E-state index contributed by atoms with van der Waals surface area (Å²) < 4.78 is 4.41. The summed E-state index contributed by atoms with van der Waals surface area (Å²) in [6, 6.07) is 7.73. The third-order valence-corrected chi connectivity index (χ3v) is 3.87. The summed E-state index contributed by atoms with van der Waals surface area (Å²) in [6.45, 7) is 4.24. The van der Waals surface area contributed by atoms with Crippen molar-refractivity contribution in [3.8, 4) is 10.6 Å². The lowest BCUT2D eigenvalue weighted by Gasteiger charge is -1.99. The SMILES string of the molecule is CCNCCCCc1nsc(-c2ccc(Cl)cc2)n1.[Cl-]. The van der Waals surface area contributed by atoms with Crippen LogP contribution in [0.2, 0.25) is 5.02 Å². The third-order valence-electron chi connectivity index (χ3n) is 2.81. The van der Waals surface area contributed by atoms with E-state index in [0.29, 0.717) is 0 Å². The lowest BCUT2D eigenvalue weighted by Crippen LogP contribution is -3.00. The Morgan fingerprint density at radius 2 is 1.95 bits per heavy atom. The van der Waals surface area contributed by atoms with Gasteiger partial charge in [-0.25, -0.2) is 4.98 Å². The Morgan fingerprint density at radius 3 is 2.65 bits per heavy atom. The minimum Gasteiger partial charge on any atom is -1.00 e. The molecule has 0 radical (unpaired) electrons. The normalized spacial score (nSPS) is 10.3. The van der Waals surface area contributed by atoms with Gasteiger partial charge in [0.25, 0.3) is 0 Å². The van der Waals surface area contributed by atoms with Gasteiger partial charge < -0.3 is 17.7 Å². The molecule has 1 aromatic heterocycles. The zero-order valence-electron chi connectivity index (χ0n) is 11.4. The van der Waals surface area contributed by atoms with E-state index >= 15 is 0 Å². The van der Waals surface area contributed by atoms with Crippen molar-refractivity contribution in [1.82, 2.24) is 14.7 Å². The molecule has 0 unspecified atom stereocenters. The molecule has 0 bridgehead atoms. The highest BCUT2D eigenvalue weighted by atomic mass is 35.5. The number of nitrogens with one attached hydrogen (secondary N) is 1.